The molecule has 0 aliphatic carbocycles. The van der Waals surface area contributed by atoms with Crippen LogP contribution in [-0.4, -0.2) is 53.2 Å². The molecule has 654 valence electrons. The van der Waals surface area contributed by atoms with E-state index in [1.807, 2.05) is 109 Å². The van der Waals surface area contributed by atoms with Gasteiger partial charge in [0.25, 0.3) is 0 Å². The zero-order chi connectivity index (χ0) is 92.2. The van der Waals surface area contributed by atoms with Gasteiger partial charge in [-0.15, -0.1) is 0 Å². The third-order valence-corrected chi connectivity index (χ3v) is 27.2. The lowest BCUT2D eigenvalue weighted by atomic mass is 10.00. The number of hydrogen-bond donors (Lipinski definition) is 0. The molecular weight excluding hydrogens is 1710 g/mol. The first-order chi connectivity index (χ1) is 69.4. The zero-order valence-corrected chi connectivity index (χ0v) is 75.3. The van der Waals surface area contributed by atoms with Crippen molar-refractivity contribution in [1.82, 2.24) is 53.2 Å². The third-order valence-electron chi connectivity index (χ3n) is 27.2. The Labute approximate surface area is 802 Å². The van der Waals surface area contributed by atoms with Gasteiger partial charge in [0.15, 0.2) is 11.6 Å². The predicted molar refractivity (Wildman–Crippen MR) is 574 cm³/mol. The summed E-state index contributed by atoms with van der Waals surface area (Å²) in [5.41, 5.74) is 29.8. The van der Waals surface area contributed by atoms with Gasteiger partial charge in [0.05, 0.1) is 77.3 Å². The van der Waals surface area contributed by atoms with E-state index in [2.05, 4.69) is 388 Å². The number of aromatic nitrogens is 11. The van der Waals surface area contributed by atoms with E-state index >= 15 is 0 Å². The summed E-state index contributed by atoms with van der Waals surface area (Å²) in [7, 11) is 0. The molecule has 9 heterocycles. The molecule has 0 spiro atoms. The summed E-state index contributed by atoms with van der Waals surface area (Å²) in [4.78, 5) is 36.3. The monoisotopic (exact) mass is 1790 g/mol. The largest absolute Gasteiger partial charge is 0.455 e. The smallest absolute Gasteiger partial charge is 0.238 e. The summed E-state index contributed by atoms with van der Waals surface area (Å²) >= 11 is 0. The summed E-state index contributed by atoms with van der Waals surface area (Å²) in [5.74, 6) is 3.11. The van der Waals surface area contributed by atoms with Crippen molar-refractivity contribution in [1.29, 1.82) is 0 Å². The maximum Gasteiger partial charge on any atom is 0.238 e. The number of nitrogens with zero attached hydrogens (tertiary/aromatic N) is 11. The molecule has 140 heavy (non-hydrogen) atoms. The first-order valence-electron chi connectivity index (χ1n) is 47.1. The molecule has 0 bridgehead atoms. The van der Waals surface area contributed by atoms with Crippen LogP contribution < -0.4 is 0 Å². The lowest BCUT2D eigenvalue weighted by Crippen LogP contribution is -2.06. The SMILES string of the molecule is c1ccc(-c2ccc3c4c5oc6c(-c7ccccc7)cccc6c5ccc4n(-c4nc(-c5ccccc5)c5ccccc5n4)c3c2)cc1.c1ccc(-c2cccc(-c3nc(-n4c5cc(-c6ccccc6)ccc5c5c6oc7ccccc7c6ccc54)nc4ccccc34)c2)cc1.c1ccc(-c2nc(-c3ccccc3)nc(-n3c4ccccc4c4cc5c6ccccc6n(-c6ccccc6)c5cc43)n2)cc1. The number of fused-ring (bicyclic) bond motifs is 22. The third kappa shape index (κ3) is 13.7. The molecule has 0 aliphatic heterocycles. The van der Waals surface area contributed by atoms with Gasteiger partial charge >= 0.3 is 0 Å². The Morgan fingerprint density at radius 3 is 1.06 bits per heavy atom. The van der Waals surface area contributed by atoms with Crippen LogP contribution in [0.2, 0.25) is 0 Å². The van der Waals surface area contributed by atoms with Crippen LogP contribution in [0.4, 0.5) is 0 Å². The molecule has 0 N–H and O–H groups in total. The van der Waals surface area contributed by atoms with E-state index in [4.69, 9.17) is 43.7 Å². The van der Waals surface area contributed by atoms with Crippen molar-refractivity contribution in [3.63, 3.8) is 0 Å². The van der Waals surface area contributed by atoms with Crippen molar-refractivity contribution in [2.45, 2.75) is 0 Å². The minimum absolute atomic E-state index is 0.589. The van der Waals surface area contributed by atoms with Gasteiger partial charge in [0, 0.05) is 98.1 Å². The Morgan fingerprint density at radius 1 is 0.164 bits per heavy atom. The highest BCUT2D eigenvalue weighted by molar-refractivity contribution is 6.27. The van der Waals surface area contributed by atoms with E-state index in [0.29, 0.717) is 29.5 Å². The molecule has 0 saturated heterocycles. The van der Waals surface area contributed by atoms with E-state index in [1.165, 1.54) is 21.9 Å². The molecule has 9 aromatic heterocycles. The Balaban J connectivity index is 0.000000106. The Hall–Kier alpha value is -19.1. The van der Waals surface area contributed by atoms with Gasteiger partial charge in [0.1, 0.15) is 22.3 Å². The number of furan rings is 2. The lowest BCUT2D eigenvalue weighted by Gasteiger charge is -2.13. The van der Waals surface area contributed by atoms with Crippen LogP contribution in [0.5, 0.6) is 0 Å². The van der Waals surface area contributed by atoms with Gasteiger partial charge in [-0.1, -0.05) is 382 Å². The van der Waals surface area contributed by atoms with Gasteiger partial charge in [-0.25, -0.2) is 24.9 Å². The van der Waals surface area contributed by atoms with Crippen molar-refractivity contribution < 1.29 is 8.83 Å². The second-order valence-corrected chi connectivity index (χ2v) is 35.3. The van der Waals surface area contributed by atoms with Crippen LogP contribution in [-0.2, 0) is 0 Å². The van der Waals surface area contributed by atoms with Crippen LogP contribution in [0.25, 0.3) is 266 Å². The van der Waals surface area contributed by atoms with Crippen LogP contribution in [0.15, 0.2) is 488 Å². The molecule has 0 fully saturated rings. The molecule has 0 atom stereocenters. The van der Waals surface area contributed by atoms with E-state index in [-0.39, 0.29) is 0 Å². The molecule has 0 radical (unpaired) electrons. The highest BCUT2D eigenvalue weighted by Crippen LogP contribution is 2.48. The summed E-state index contributed by atoms with van der Waals surface area (Å²) in [6.07, 6.45) is 0. The maximum absolute atomic E-state index is 6.93. The van der Waals surface area contributed by atoms with Crippen molar-refractivity contribution in [2.24, 2.45) is 0 Å². The van der Waals surface area contributed by atoms with Crippen LogP contribution >= 0.6 is 0 Å². The van der Waals surface area contributed by atoms with Gasteiger partial charge < -0.3 is 13.4 Å². The molecule has 0 saturated carbocycles. The number of rotatable bonds is 12. The fourth-order valence-corrected chi connectivity index (χ4v) is 20.8. The molecule has 0 aliphatic rings. The minimum atomic E-state index is 0.589. The van der Waals surface area contributed by atoms with E-state index in [9.17, 15) is 0 Å². The standard InChI is InChI=1S/2C44H27N3O.C39H25N5/c1-4-13-28(14-5-1)31-23-24-36-39(27-31)47(44-45-37-22-11-10-19-35(37)41(46-44)30-17-8-3-9-18-30)38-26-25-34-33-21-12-20-32(29-15-6-2-7-16-29)42(33)48-43(34)40(36)38;1-3-12-28(13-4-1)30-16-11-17-32(26-30)42-35-19-7-9-20-37(35)45-44(46-42)47-38-25-24-34-33-18-8-10-21-40(33)48-43(34)41(38)36-23-22-31(27-39(36)47)29-14-5-2-6-15-29;1-4-14-26(15-5-1)37-40-38(27-16-6-2-7-17-27)42-39(41-37)44-34-23-13-11-21-30(34)32-24-31-29-20-10-12-22-33(29)43(35(31)25-36(32)44)28-18-8-3-9-19-28/h2*1-27H;1-25H. The van der Waals surface area contributed by atoms with E-state index in [0.717, 1.165) is 215 Å². The molecule has 20 aromatic carbocycles. The van der Waals surface area contributed by atoms with Crippen molar-refractivity contribution in [3.8, 4) is 113 Å². The molecule has 0 unspecified atom stereocenters. The van der Waals surface area contributed by atoms with Gasteiger partial charge in [-0.3, -0.25) is 13.7 Å². The average molecular weight is 1790 g/mol. The zero-order valence-electron chi connectivity index (χ0n) is 75.3. The first kappa shape index (κ1) is 80.5. The summed E-state index contributed by atoms with van der Waals surface area (Å²) in [6.45, 7) is 0. The highest BCUT2D eigenvalue weighted by Gasteiger charge is 2.28. The first-order valence-corrected chi connectivity index (χ1v) is 47.1. The fourth-order valence-electron chi connectivity index (χ4n) is 20.8. The summed E-state index contributed by atoms with van der Waals surface area (Å²) < 4.78 is 22.5. The lowest BCUT2D eigenvalue weighted by molar-refractivity contribution is 0.673. The summed E-state index contributed by atoms with van der Waals surface area (Å²) in [6, 6.07) is 167. The summed E-state index contributed by atoms with van der Waals surface area (Å²) in [5, 5.41) is 15.5. The Kier molecular flexibility index (Phi) is 19.3. The predicted octanol–water partition coefficient (Wildman–Crippen LogP) is 32.7. The Morgan fingerprint density at radius 2 is 0.521 bits per heavy atom. The molecular formula is C127H79N11O2. The minimum Gasteiger partial charge on any atom is -0.455 e. The van der Waals surface area contributed by atoms with Crippen molar-refractivity contribution >= 4 is 153 Å². The molecule has 13 heteroatoms. The number of hydrogen-bond acceptors (Lipinski definition) is 9. The van der Waals surface area contributed by atoms with Gasteiger partial charge in [-0.2, -0.15) is 9.97 Å². The highest BCUT2D eigenvalue weighted by atomic mass is 16.3. The van der Waals surface area contributed by atoms with E-state index in [1.54, 1.807) is 0 Å². The maximum atomic E-state index is 6.93. The van der Waals surface area contributed by atoms with Crippen molar-refractivity contribution in [2.75, 3.05) is 0 Å². The molecule has 29 aromatic rings. The van der Waals surface area contributed by atoms with Crippen LogP contribution in [0.1, 0.15) is 0 Å². The van der Waals surface area contributed by atoms with Crippen LogP contribution in [0, 0.1) is 0 Å². The van der Waals surface area contributed by atoms with Gasteiger partial charge in [-0.05, 0) is 136 Å². The van der Waals surface area contributed by atoms with E-state index < -0.39 is 0 Å². The topological polar surface area (TPSA) is 136 Å². The second kappa shape index (κ2) is 33.5. The normalized spacial score (nSPS) is 11.7. The molecule has 0 amide bonds. The number of benzene rings is 20. The molecule has 29 rings (SSSR count). The Bertz CT molecular complexity index is 9870. The fraction of sp³-hybridized carbons (Fsp3) is 0. The second-order valence-electron chi connectivity index (χ2n) is 35.3. The van der Waals surface area contributed by atoms with Gasteiger partial charge in [0.2, 0.25) is 17.8 Å². The van der Waals surface area contributed by atoms with Crippen LogP contribution in [0.3, 0.4) is 0 Å². The quantitative estimate of drug-likeness (QED) is 0.117. The molecule has 13 nitrogen and oxygen atoms in total. The average Bonchev–Trinajstić information content (AvgIpc) is 1.56. The van der Waals surface area contributed by atoms with Crippen molar-refractivity contribution in [3.05, 3.63) is 479 Å². The number of para-hydroxylation sites is 7.